The lowest BCUT2D eigenvalue weighted by Gasteiger charge is -2.17. The number of rotatable bonds is 9. The van der Waals surface area contributed by atoms with Gasteiger partial charge in [-0.05, 0) is 61.5 Å². The monoisotopic (exact) mass is 362 g/mol. The number of ether oxygens (including phenoxy) is 1. The highest BCUT2D eigenvalue weighted by Gasteiger charge is 2.14. The Morgan fingerprint density at radius 1 is 0.960 bits per heavy atom. The van der Waals surface area contributed by atoms with Crippen LogP contribution >= 0.6 is 0 Å². The van der Waals surface area contributed by atoms with E-state index >= 15 is 0 Å². The van der Waals surface area contributed by atoms with Crippen LogP contribution in [-0.4, -0.2) is 40.1 Å². The highest BCUT2D eigenvalue weighted by molar-refractivity contribution is 7.92. The third kappa shape index (κ3) is 5.47. The molecule has 5 nitrogen and oxygen atoms in total. The van der Waals surface area contributed by atoms with E-state index in [-0.39, 0.29) is 4.90 Å². The Balaban J connectivity index is 2.01. The molecule has 25 heavy (non-hydrogen) atoms. The maximum atomic E-state index is 12.4. The van der Waals surface area contributed by atoms with Crippen LogP contribution in [0.15, 0.2) is 53.4 Å². The average molecular weight is 362 g/mol. The zero-order chi connectivity index (χ0) is 18.3. The highest BCUT2D eigenvalue weighted by Crippen LogP contribution is 2.19. The topological polar surface area (TPSA) is 58.6 Å². The predicted molar refractivity (Wildman–Crippen MR) is 102 cm³/mol. The third-order valence-electron chi connectivity index (χ3n) is 4.19. The van der Waals surface area contributed by atoms with Crippen LogP contribution in [-0.2, 0) is 16.4 Å². The number of methoxy groups -OCH3 is 1. The first-order chi connectivity index (χ1) is 12.0. The number of nitrogens with zero attached hydrogens (tertiary/aromatic N) is 1. The Hall–Kier alpha value is -2.05. The second-order valence-corrected chi connectivity index (χ2v) is 7.44. The van der Waals surface area contributed by atoms with E-state index in [9.17, 15) is 8.42 Å². The molecule has 0 aliphatic carbocycles. The Bertz CT molecular complexity index is 752. The summed E-state index contributed by atoms with van der Waals surface area (Å²) < 4.78 is 32.5. The molecule has 0 atom stereocenters. The Kier molecular flexibility index (Phi) is 6.84. The van der Waals surface area contributed by atoms with Crippen molar-refractivity contribution < 1.29 is 13.2 Å². The number of hydrogen-bond acceptors (Lipinski definition) is 4. The molecule has 6 heteroatoms. The molecular formula is C19H26N2O3S. The molecular weight excluding hydrogens is 336 g/mol. The Morgan fingerprint density at radius 2 is 1.56 bits per heavy atom. The molecule has 0 fully saturated rings. The maximum Gasteiger partial charge on any atom is 0.261 e. The van der Waals surface area contributed by atoms with Crippen molar-refractivity contribution in [1.82, 2.24) is 4.90 Å². The van der Waals surface area contributed by atoms with Crippen LogP contribution in [0.3, 0.4) is 0 Å². The summed E-state index contributed by atoms with van der Waals surface area (Å²) in [5.41, 5.74) is 1.75. The van der Waals surface area contributed by atoms with Gasteiger partial charge >= 0.3 is 0 Å². The van der Waals surface area contributed by atoms with Gasteiger partial charge in [0.25, 0.3) is 10.0 Å². The molecule has 0 aliphatic rings. The first-order valence-corrected chi connectivity index (χ1v) is 9.95. The lowest BCUT2D eigenvalue weighted by Crippen LogP contribution is -2.25. The van der Waals surface area contributed by atoms with Gasteiger partial charge in [-0.1, -0.05) is 26.0 Å². The van der Waals surface area contributed by atoms with Crippen LogP contribution in [0.25, 0.3) is 0 Å². The molecule has 1 N–H and O–H groups in total. The van der Waals surface area contributed by atoms with Crippen LogP contribution in [0.5, 0.6) is 5.75 Å². The first-order valence-electron chi connectivity index (χ1n) is 8.46. The van der Waals surface area contributed by atoms with Gasteiger partial charge in [-0.15, -0.1) is 0 Å². The van der Waals surface area contributed by atoms with Gasteiger partial charge in [0.15, 0.2) is 0 Å². The molecule has 0 spiro atoms. The van der Waals surface area contributed by atoms with Crippen LogP contribution in [0.4, 0.5) is 5.69 Å². The second-order valence-electron chi connectivity index (χ2n) is 5.75. The predicted octanol–water partition coefficient (Wildman–Crippen LogP) is 3.38. The molecule has 0 aliphatic heterocycles. The maximum absolute atomic E-state index is 12.4. The van der Waals surface area contributed by atoms with E-state index in [1.807, 2.05) is 12.1 Å². The summed E-state index contributed by atoms with van der Waals surface area (Å²) in [6, 6.07) is 13.9. The largest absolute Gasteiger partial charge is 0.497 e. The molecule has 0 heterocycles. The van der Waals surface area contributed by atoms with Gasteiger partial charge in [0.05, 0.1) is 12.0 Å². The zero-order valence-corrected chi connectivity index (χ0v) is 15.8. The lowest BCUT2D eigenvalue weighted by molar-refractivity contribution is 0.308. The number of likely N-dealkylation sites (N-methyl/N-ethyl adjacent to an activating group) is 1. The van der Waals surface area contributed by atoms with E-state index in [1.165, 1.54) is 17.7 Å². The fourth-order valence-corrected chi connectivity index (χ4v) is 3.59. The van der Waals surface area contributed by atoms with Crippen LogP contribution in [0.2, 0.25) is 0 Å². The van der Waals surface area contributed by atoms with E-state index in [2.05, 4.69) is 23.5 Å². The quantitative estimate of drug-likeness (QED) is 0.743. The molecule has 0 aromatic heterocycles. The van der Waals surface area contributed by atoms with E-state index < -0.39 is 10.0 Å². The van der Waals surface area contributed by atoms with Crippen molar-refractivity contribution in [2.24, 2.45) is 0 Å². The fraction of sp³-hybridized carbons (Fsp3) is 0.368. The van der Waals surface area contributed by atoms with Gasteiger partial charge in [0.2, 0.25) is 0 Å². The molecule has 0 saturated heterocycles. The minimum atomic E-state index is -3.60. The molecule has 2 aromatic carbocycles. The summed E-state index contributed by atoms with van der Waals surface area (Å²) in [6.07, 6.45) is 0.952. The number of nitrogens with one attached hydrogen (secondary N) is 1. The first kappa shape index (κ1) is 19.3. The van der Waals surface area contributed by atoms with Crippen LogP contribution < -0.4 is 9.46 Å². The minimum Gasteiger partial charge on any atom is -0.497 e. The standard InChI is InChI=1S/C19H26N2O3S/c1-4-21(5-2)15-14-16-6-8-17(9-7-16)20-25(22,23)19-12-10-18(24-3)11-13-19/h6-13,20H,4-5,14-15H2,1-3H3. The number of anilines is 1. The van der Waals surface area contributed by atoms with Gasteiger partial charge in [0, 0.05) is 12.2 Å². The average Bonchev–Trinajstić information content (AvgIpc) is 2.63. The molecule has 0 radical (unpaired) electrons. The lowest BCUT2D eigenvalue weighted by atomic mass is 10.1. The van der Waals surface area contributed by atoms with Crippen molar-refractivity contribution in [3.63, 3.8) is 0 Å². The number of hydrogen-bond donors (Lipinski definition) is 1. The summed E-state index contributed by atoms with van der Waals surface area (Å²) >= 11 is 0. The fourth-order valence-electron chi connectivity index (χ4n) is 2.54. The molecule has 2 aromatic rings. The summed E-state index contributed by atoms with van der Waals surface area (Å²) in [7, 11) is -2.05. The van der Waals surface area contributed by atoms with Crippen molar-refractivity contribution in [2.75, 3.05) is 31.5 Å². The van der Waals surface area contributed by atoms with E-state index in [1.54, 1.807) is 31.4 Å². The highest BCUT2D eigenvalue weighted by atomic mass is 32.2. The summed E-state index contributed by atoms with van der Waals surface area (Å²) in [4.78, 5) is 2.57. The second kappa shape index (κ2) is 8.87. The minimum absolute atomic E-state index is 0.207. The SMILES string of the molecule is CCN(CC)CCc1ccc(NS(=O)(=O)c2ccc(OC)cc2)cc1. The van der Waals surface area contributed by atoms with Crippen molar-refractivity contribution in [1.29, 1.82) is 0 Å². The van der Waals surface area contributed by atoms with Crippen LogP contribution in [0.1, 0.15) is 19.4 Å². The molecule has 0 bridgehead atoms. The van der Waals surface area contributed by atoms with Gasteiger partial charge < -0.3 is 9.64 Å². The van der Waals surface area contributed by atoms with Crippen molar-refractivity contribution >= 4 is 15.7 Å². The number of sulfonamides is 1. The van der Waals surface area contributed by atoms with E-state index in [0.717, 1.165) is 26.1 Å². The molecule has 2 rings (SSSR count). The molecule has 136 valence electrons. The zero-order valence-electron chi connectivity index (χ0n) is 15.0. The molecule has 0 amide bonds. The summed E-state index contributed by atoms with van der Waals surface area (Å²) in [5.74, 6) is 0.622. The smallest absolute Gasteiger partial charge is 0.261 e. The van der Waals surface area contributed by atoms with Gasteiger partial charge in [-0.3, -0.25) is 4.72 Å². The van der Waals surface area contributed by atoms with Gasteiger partial charge in [0.1, 0.15) is 5.75 Å². The van der Waals surface area contributed by atoms with E-state index in [0.29, 0.717) is 11.4 Å². The summed E-state index contributed by atoms with van der Waals surface area (Å²) in [6.45, 7) is 7.39. The van der Waals surface area contributed by atoms with Gasteiger partial charge in [-0.25, -0.2) is 8.42 Å². The Morgan fingerprint density at radius 3 is 2.08 bits per heavy atom. The van der Waals surface area contributed by atoms with Crippen molar-refractivity contribution in [3.05, 3.63) is 54.1 Å². The van der Waals surface area contributed by atoms with Crippen molar-refractivity contribution in [3.8, 4) is 5.75 Å². The third-order valence-corrected chi connectivity index (χ3v) is 5.58. The molecule has 0 unspecified atom stereocenters. The Labute approximate surface area is 150 Å². The summed E-state index contributed by atoms with van der Waals surface area (Å²) in [5, 5.41) is 0. The van der Waals surface area contributed by atoms with E-state index in [4.69, 9.17) is 4.74 Å². The molecule has 0 saturated carbocycles. The normalized spacial score (nSPS) is 11.5. The van der Waals surface area contributed by atoms with Gasteiger partial charge in [-0.2, -0.15) is 0 Å². The number of benzene rings is 2. The van der Waals surface area contributed by atoms with Crippen molar-refractivity contribution in [2.45, 2.75) is 25.2 Å². The van der Waals surface area contributed by atoms with Crippen LogP contribution in [0, 0.1) is 0 Å².